The Morgan fingerprint density at radius 1 is 1.23 bits per heavy atom. The van der Waals surface area contributed by atoms with Gasteiger partial charge in [-0.1, -0.05) is 12.1 Å². The minimum atomic E-state index is -0.507. The molecule has 0 aromatic heterocycles. The zero-order valence-corrected chi connectivity index (χ0v) is 19.5. The molecule has 0 aliphatic carbocycles. The Morgan fingerprint density at radius 2 is 2.00 bits per heavy atom. The average molecular weight is 435 g/mol. The number of alkyl carbamates (subject to hydrolysis) is 1. The molecule has 1 atom stereocenters. The zero-order chi connectivity index (χ0) is 22.7. The topological polar surface area (TPSA) is 93.2 Å². The van der Waals surface area contributed by atoms with Crippen molar-refractivity contribution in [3.63, 3.8) is 0 Å². The number of hydrogen-bond acceptors (Lipinski definition) is 5. The first-order valence-electron chi connectivity index (χ1n) is 11.1. The highest BCUT2D eigenvalue weighted by Gasteiger charge is 2.17. The second kappa shape index (κ2) is 12.4. The molecule has 1 aliphatic rings. The summed E-state index contributed by atoms with van der Waals surface area (Å²) in [5.41, 5.74) is 1.68. The van der Waals surface area contributed by atoms with Crippen LogP contribution in [0.1, 0.15) is 45.2 Å². The van der Waals surface area contributed by atoms with E-state index in [1.807, 2.05) is 27.7 Å². The molecule has 174 valence electrons. The third-order valence-corrected chi connectivity index (χ3v) is 4.56. The molecule has 1 aromatic carbocycles. The van der Waals surface area contributed by atoms with Gasteiger partial charge in [0.2, 0.25) is 0 Å². The highest BCUT2D eigenvalue weighted by molar-refractivity contribution is 5.79. The third kappa shape index (κ3) is 9.91. The number of carbonyl (C=O) groups excluding carboxylic acids is 1. The minimum Gasteiger partial charge on any atom is -0.493 e. The summed E-state index contributed by atoms with van der Waals surface area (Å²) in [4.78, 5) is 16.4. The second-order valence-electron chi connectivity index (χ2n) is 8.70. The summed E-state index contributed by atoms with van der Waals surface area (Å²) in [7, 11) is 0. The molecule has 2 rings (SSSR count). The molecule has 0 bridgehead atoms. The van der Waals surface area contributed by atoms with Crippen LogP contribution in [0.4, 0.5) is 4.79 Å². The van der Waals surface area contributed by atoms with Gasteiger partial charge in [0.15, 0.2) is 5.96 Å². The van der Waals surface area contributed by atoms with E-state index in [2.05, 4.69) is 46.1 Å². The van der Waals surface area contributed by atoms with Crippen LogP contribution in [-0.4, -0.2) is 57.1 Å². The molecule has 1 fully saturated rings. The van der Waals surface area contributed by atoms with Crippen LogP contribution in [0.25, 0.3) is 0 Å². The van der Waals surface area contributed by atoms with E-state index >= 15 is 0 Å². The summed E-state index contributed by atoms with van der Waals surface area (Å²) in [6.45, 7) is 14.0. The summed E-state index contributed by atoms with van der Waals surface area (Å²) in [5.74, 6) is 2.01. The largest absolute Gasteiger partial charge is 0.493 e. The van der Waals surface area contributed by atoms with Crippen molar-refractivity contribution in [3.05, 3.63) is 29.3 Å². The first kappa shape index (κ1) is 24.8. The fourth-order valence-corrected chi connectivity index (χ4v) is 3.01. The van der Waals surface area contributed by atoms with Crippen molar-refractivity contribution in [2.45, 2.75) is 53.2 Å². The summed E-state index contributed by atoms with van der Waals surface area (Å²) in [6.07, 6.45) is 0.621. The number of carbonyl (C=O) groups is 1. The molecular formula is C23H38N4O4. The van der Waals surface area contributed by atoms with Crippen molar-refractivity contribution >= 4 is 12.1 Å². The highest BCUT2D eigenvalue weighted by Crippen LogP contribution is 2.23. The van der Waals surface area contributed by atoms with E-state index in [1.165, 1.54) is 0 Å². The molecule has 1 aliphatic heterocycles. The van der Waals surface area contributed by atoms with Crippen molar-refractivity contribution in [2.24, 2.45) is 10.9 Å². The predicted molar refractivity (Wildman–Crippen MR) is 123 cm³/mol. The summed E-state index contributed by atoms with van der Waals surface area (Å²) in [5, 5.41) is 9.18. The van der Waals surface area contributed by atoms with E-state index < -0.39 is 11.7 Å². The third-order valence-electron chi connectivity index (χ3n) is 4.56. The molecule has 31 heavy (non-hydrogen) atoms. The van der Waals surface area contributed by atoms with Gasteiger partial charge in [-0.3, -0.25) is 0 Å². The number of nitrogens with one attached hydrogen (secondary N) is 3. The fraction of sp³-hybridized carbons (Fsp3) is 0.652. The van der Waals surface area contributed by atoms with Gasteiger partial charge in [-0.05, 0) is 52.7 Å². The molecule has 0 spiro atoms. The molecule has 0 radical (unpaired) electrons. The van der Waals surface area contributed by atoms with Gasteiger partial charge >= 0.3 is 6.09 Å². The molecule has 1 saturated heterocycles. The molecule has 0 saturated carbocycles. The van der Waals surface area contributed by atoms with Gasteiger partial charge in [0.1, 0.15) is 11.4 Å². The predicted octanol–water partition coefficient (Wildman–Crippen LogP) is 2.99. The lowest BCUT2D eigenvalue weighted by Crippen LogP contribution is -2.42. The molecule has 8 heteroatoms. The van der Waals surface area contributed by atoms with Crippen LogP contribution >= 0.6 is 0 Å². The summed E-state index contributed by atoms with van der Waals surface area (Å²) >= 11 is 0. The Labute approximate surface area is 186 Å². The van der Waals surface area contributed by atoms with Gasteiger partial charge in [-0.25, -0.2) is 9.79 Å². The number of aliphatic imine (C=N–C) groups is 1. The maximum Gasteiger partial charge on any atom is 0.407 e. The van der Waals surface area contributed by atoms with Crippen LogP contribution in [0.5, 0.6) is 5.75 Å². The number of aryl methyl sites for hydroxylation is 1. The standard InChI is InChI=1S/C23H38N4O4/c1-6-24-21(25-10-11-26-22(28)31-23(3,4)5)27-14-19-8-7-17(2)13-20(19)30-16-18-9-12-29-15-18/h7-8,13,18H,6,9-12,14-16H2,1-5H3,(H,26,28)(H2,24,25,27). The van der Waals surface area contributed by atoms with E-state index in [0.717, 1.165) is 43.1 Å². The van der Waals surface area contributed by atoms with Crippen LogP contribution in [0.15, 0.2) is 23.2 Å². The van der Waals surface area contributed by atoms with Crippen molar-refractivity contribution < 1.29 is 19.0 Å². The Hall–Kier alpha value is -2.48. The quantitative estimate of drug-likeness (QED) is 0.314. The van der Waals surface area contributed by atoms with Crippen LogP contribution < -0.4 is 20.7 Å². The highest BCUT2D eigenvalue weighted by atomic mass is 16.6. The molecule has 8 nitrogen and oxygen atoms in total. The summed E-state index contributed by atoms with van der Waals surface area (Å²) in [6, 6.07) is 6.19. The van der Waals surface area contributed by atoms with Crippen LogP contribution in [0.2, 0.25) is 0 Å². The Morgan fingerprint density at radius 3 is 2.68 bits per heavy atom. The van der Waals surface area contributed by atoms with Crippen molar-refractivity contribution in [1.29, 1.82) is 0 Å². The monoisotopic (exact) mass is 434 g/mol. The van der Waals surface area contributed by atoms with E-state index in [0.29, 0.717) is 38.1 Å². The SMILES string of the molecule is CCNC(=NCc1ccc(C)cc1OCC1CCOC1)NCCNC(=O)OC(C)(C)C. The smallest absolute Gasteiger partial charge is 0.407 e. The lowest BCUT2D eigenvalue weighted by molar-refractivity contribution is 0.0529. The molecule has 1 unspecified atom stereocenters. The van der Waals surface area contributed by atoms with Gasteiger partial charge in [0.05, 0.1) is 19.8 Å². The number of amides is 1. The minimum absolute atomic E-state index is 0.426. The lowest BCUT2D eigenvalue weighted by atomic mass is 10.1. The molecule has 1 aromatic rings. The number of hydrogen-bond donors (Lipinski definition) is 3. The Kier molecular flexibility index (Phi) is 9.91. The van der Waals surface area contributed by atoms with Crippen molar-refractivity contribution in [3.8, 4) is 5.75 Å². The van der Waals surface area contributed by atoms with E-state index in [9.17, 15) is 4.79 Å². The van der Waals surface area contributed by atoms with Gasteiger partial charge in [0.25, 0.3) is 0 Å². The molecule has 1 amide bonds. The number of rotatable bonds is 9. The first-order valence-corrected chi connectivity index (χ1v) is 11.1. The van der Waals surface area contributed by atoms with Gasteiger partial charge in [-0.2, -0.15) is 0 Å². The number of nitrogens with zero attached hydrogens (tertiary/aromatic N) is 1. The van der Waals surface area contributed by atoms with Crippen molar-refractivity contribution in [2.75, 3.05) is 39.5 Å². The fourth-order valence-electron chi connectivity index (χ4n) is 3.01. The first-order chi connectivity index (χ1) is 14.8. The number of guanidine groups is 1. The zero-order valence-electron chi connectivity index (χ0n) is 19.5. The van der Waals surface area contributed by atoms with Crippen LogP contribution in [0, 0.1) is 12.8 Å². The van der Waals surface area contributed by atoms with Crippen LogP contribution in [-0.2, 0) is 16.0 Å². The Bertz CT molecular complexity index is 725. The number of ether oxygens (including phenoxy) is 3. The summed E-state index contributed by atoms with van der Waals surface area (Å²) < 4.78 is 16.8. The van der Waals surface area contributed by atoms with E-state index in [1.54, 1.807) is 0 Å². The van der Waals surface area contributed by atoms with E-state index in [4.69, 9.17) is 14.2 Å². The molecule has 1 heterocycles. The maximum absolute atomic E-state index is 11.7. The lowest BCUT2D eigenvalue weighted by Gasteiger charge is -2.20. The van der Waals surface area contributed by atoms with Crippen molar-refractivity contribution in [1.82, 2.24) is 16.0 Å². The second-order valence-corrected chi connectivity index (χ2v) is 8.70. The van der Waals surface area contributed by atoms with E-state index in [-0.39, 0.29) is 0 Å². The van der Waals surface area contributed by atoms with Gasteiger partial charge < -0.3 is 30.2 Å². The van der Waals surface area contributed by atoms with Gasteiger partial charge in [-0.15, -0.1) is 0 Å². The number of benzene rings is 1. The Balaban J connectivity index is 1.88. The van der Waals surface area contributed by atoms with Gasteiger partial charge in [0, 0.05) is 37.7 Å². The maximum atomic E-state index is 11.7. The molecular weight excluding hydrogens is 396 g/mol. The normalized spacial score (nSPS) is 16.7. The van der Waals surface area contributed by atoms with Crippen LogP contribution in [0.3, 0.4) is 0 Å². The average Bonchev–Trinajstić information content (AvgIpc) is 3.21. The molecule has 3 N–H and O–H groups in total.